The maximum atomic E-state index is 12.8. The molecule has 0 unspecified atom stereocenters. The standard InChI is InChI=1S/C17H25N3O/c1-10-15(11(2)20(3)19-10)16(21)18-17-7-12-4-13(8-17)6-14(5-12)9-17/h12-14H,4-9H2,1-3H3,(H,18,21). The van der Waals surface area contributed by atoms with Gasteiger partial charge < -0.3 is 5.32 Å². The Morgan fingerprint density at radius 2 is 1.67 bits per heavy atom. The molecule has 0 atom stereocenters. The van der Waals surface area contributed by atoms with Crippen LogP contribution in [0.25, 0.3) is 0 Å². The first kappa shape index (κ1) is 13.4. The number of nitrogens with one attached hydrogen (secondary N) is 1. The summed E-state index contributed by atoms with van der Waals surface area (Å²) < 4.78 is 1.81. The van der Waals surface area contributed by atoms with E-state index in [1.807, 2.05) is 25.6 Å². The Balaban J connectivity index is 1.60. The molecule has 1 amide bonds. The first-order valence-electron chi connectivity index (χ1n) is 8.28. The van der Waals surface area contributed by atoms with Crippen LogP contribution in [0.15, 0.2) is 0 Å². The second-order valence-corrected chi connectivity index (χ2v) is 7.82. The SMILES string of the molecule is Cc1nn(C)c(C)c1C(=O)NC12CC3CC(CC(C3)C1)C2. The molecule has 4 fully saturated rings. The monoisotopic (exact) mass is 287 g/mol. The van der Waals surface area contributed by atoms with Crippen molar-refractivity contribution in [2.75, 3.05) is 0 Å². The molecule has 4 bridgehead atoms. The summed E-state index contributed by atoms with van der Waals surface area (Å²) in [5.41, 5.74) is 2.68. The van der Waals surface area contributed by atoms with Gasteiger partial charge >= 0.3 is 0 Å². The molecule has 21 heavy (non-hydrogen) atoms. The van der Waals surface area contributed by atoms with Crippen molar-refractivity contribution in [1.29, 1.82) is 0 Å². The lowest BCUT2D eigenvalue weighted by Crippen LogP contribution is -2.59. The predicted molar refractivity (Wildman–Crippen MR) is 81.1 cm³/mol. The van der Waals surface area contributed by atoms with Crippen LogP contribution in [0, 0.1) is 31.6 Å². The van der Waals surface area contributed by atoms with Gasteiger partial charge in [-0.2, -0.15) is 5.10 Å². The van der Waals surface area contributed by atoms with Crippen LogP contribution in [0.3, 0.4) is 0 Å². The van der Waals surface area contributed by atoms with Crippen LogP contribution < -0.4 is 5.32 Å². The fraction of sp³-hybridized carbons (Fsp3) is 0.765. The molecule has 4 heteroatoms. The summed E-state index contributed by atoms with van der Waals surface area (Å²) in [6.45, 7) is 3.91. The number of hydrogen-bond acceptors (Lipinski definition) is 2. The van der Waals surface area contributed by atoms with Crippen molar-refractivity contribution in [3.05, 3.63) is 17.0 Å². The quantitative estimate of drug-likeness (QED) is 0.909. The molecule has 0 spiro atoms. The molecule has 1 aromatic heterocycles. The van der Waals surface area contributed by atoms with Crippen LogP contribution in [-0.4, -0.2) is 21.2 Å². The van der Waals surface area contributed by atoms with E-state index in [9.17, 15) is 4.79 Å². The van der Waals surface area contributed by atoms with Crippen molar-refractivity contribution in [3.63, 3.8) is 0 Å². The predicted octanol–water partition coefficient (Wildman–Crippen LogP) is 2.74. The van der Waals surface area contributed by atoms with Gasteiger partial charge in [-0.15, -0.1) is 0 Å². The van der Waals surface area contributed by atoms with E-state index in [0.29, 0.717) is 0 Å². The zero-order valence-corrected chi connectivity index (χ0v) is 13.3. The summed E-state index contributed by atoms with van der Waals surface area (Å²) in [5, 5.41) is 7.83. The van der Waals surface area contributed by atoms with Crippen LogP contribution in [0.2, 0.25) is 0 Å². The number of hydrogen-bond donors (Lipinski definition) is 1. The van der Waals surface area contributed by atoms with Crippen LogP contribution in [0.1, 0.15) is 60.3 Å². The first-order valence-corrected chi connectivity index (χ1v) is 8.28. The van der Waals surface area contributed by atoms with Gasteiger partial charge in [0.1, 0.15) is 0 Å². The largest absolute Gasteiger partial charge is 0.346 e. The van der Waals surface area contributed by atoms with Crippen LogP contribution in [0.4, 0.5) is 0 Å². The van der Waals surface area contributed by atoms with Gasteiger partial charge in [0, 0.05) is 18.3 Å². The smallest absolute Gasteiger partial charge is 0.255 e. The van der Waals surface area contributed by atoms with E-state index in [2.05, 4.69) is 10.4 Å². The molecule has 4 aliphatic carbocycles. The highest BCUT2D eigenvalue weighted by atomic mass is 16.1. The topological polar surface area (TPSA) is 46.9 Å². The van der Waals surface area contributed by atoms with E-state index in [1.165, 1.54) is 38.5 Å². The molecule has 1 heterocycles. The number of aryl methyl sites for hydroxylation is 2. The maximum Gasteiger partial charge on any atom is 0.255 e. The zero-order chi connectivity index (χ0) is 14.8. The lowest BCUT2D eigenvalue weighted by atomic mass is 9.53. The molecular weight excluding hydrogens is 262 g/mol. The van der Waals surface area contributed by atoms with E-state index in [1.54, 1.807) is 0 Å². The summed E-state index contributed by atoms with van der Waals surface area (Å²) in [6.07, 6.45) is 7.80. The lowest BCUT2D eigenvalue weighted by Gasteiger charge is -2.56. The Kier molecular flexibility index (Phi) is 2.76. The Labute approximate surface area is 126 Å². The first-order chi connectivity index (χ1) is 9.96. The number of nitrogens with zero attached hydrogens (tertiary/aromatic N) is 2. The van der Waals surface area contributed by atoms with Gasteiger partial charge in [0.05, 0.1) is 11.3 Å². The van der Waals surface area contributed by atoms with E-state index >= 15 is 0 Å². The van der Waals surface area contributed by atoms with Gasteiger partial charge in [0.2, 0.25) is 0 Å². The van der Waals surface area contributed by atoms with Crippen molar-refractivity contribution in [2.45, 2.75) is 57.9 Å². The molecule has 0 aliphatic heterocycles. The molecule has 114 valence electrons. The van der Waals surface area contributed by atoms with Gasteiger partial charge in [-0.25, -0.2) is 0 Å². The normalized spacial score (nSPS) is 37.0. The third kappa shape index (κ3) is 2.02. The van der Waals surface area contributed by atoms with Crippen molar-refractivity contribution in [2.24, 2.45) is 24.8 Å². The van der Waals surface area contributed by atoms with Crippen molar-refractivity contribution >= 4 is 5.91 Å². The highest BCUT2D eigenvalue weighted by molar-refractivity contribution is 5.96. The molecule has 1 N–H and O–H groups in total. The molecule has 4 nitrogen and oxygen atoms in total. The van der Waals surface area contributed by atoms with Gasteiger partial charge in [0.25, 0.3) is 5.91 Å². The second kappa shape index (κ2) is 4.34. The minimum atomic E-state index is 0.0839. The van der Waals surface area contributed by atoms with Crippen LogP contribution >= 0.6 is 0 Å². The van der Waals surface area contributed by atoms with E-state index in [4.69, 9.17) is 0 Å². The Morgan fingerprint density at radius 1 is 1.14 bits per heavy atom. The van der Waals surface area contributed by atoms with E-state index < -0.39 is 0 Å². The fourth-order valence-corrected chi connectivity index (χ4v) is 5.67. The molecule has 0 radical (unpaired) electrons. The minimum absolute atomic E-state index is 0.0839. The number of rotatable bonds is 2. The highest BCUT2D eigenvalue weighted by Gasteiger charge is 2.51. The fourth-order valence-electron chi connectivity index (χ4n) is 5.67. The van der Waals surface area contributed by atoms with Crippen LogP contribution in [-0.2, 0) is 7.05 Å². The van der Waals surface area contributed by atoms with Crippen LogP contribution in [0.5, 0.6) is 0 Å². The third-order valence-electron chi connectivity index (χ3n) is 6.15. The molecule has 0 aromatic carbocycles. The molecule has 4 aliphatic rings. The Hall–Kier alpha value is -1.32. The summed E-state index contributed by atoms with van der Waals surface area (Å²) in [5.74, 6) is 2.66. The second-order valence-electron chi connectivity index (χ2n) is 7.82. The number of carbonyl (C=O) groups is 1. The lowest BCUT2D eigenvalue weighted by molar-refractivity contribution is -0.0167. The van der Waals surface area contributed by atoms with Gasteiger partial charge in [0.15, 0.2) is 0 Å². The third-order valence-corrected chi connectivity index (χ3v) is 6.15. The van der Waals surface area contributed by atoms with Crippen molar-refractivity contribution in [3.8, 4) is 0 Å². The summed E-state index contributed by atoms with van der Waals surface area (Å²) in [6, 6.07) is 0. The Morgan fingerprint density at radius 3 is 2.10 bits per heavy atom. The number of aromatic nitrogens is 2. The van der Waals surface area contributed by atoms with Gasteiger partial charge in [-0.05, 0) is 70.1 Å². The van der Waals surface area contributed by atoms with E-state index in [0.717, 1.165) is 34.7 Å². The summed E-state index contributed by atoms with van der Waals surface area (Å²) >= 11 is 0. The molecular formula is C17H25N3O. The molecule has 1 aromatic rings. The minimum Gasteiger partial charge on any atom is -0.346 e. The van der Waals surface area contributed by atoms with E-state index in [-0.39, 0.29) is 11.4 Å². The zero-order valence-electron chi connectivity index (χ0n) is 13.3. The number of carbonyl (C=O) groups excluding carboxylic acids is 1. The number of amides is 1. The summed E-state index contributed by atoms with van der Waals surface area (Å²) in [7, 11) is 1.91. The van der Waals surface area contributed by atoms with Crippen molar-refractivity contribution < 1.29 is 4.79 Å². The maximum absolute atomic E-state index is 12.8. The van der Waals surface area contributed by atoms with Crippen molar-refractivity contribution in [1.82, 2.24) is 15.1 Å². The van der Waals surface area contributed by atoms with Gasteiger partial charge in [-0.1, -0.05) is 0 Å². The average molecular weight is 287 g/mol. The highest BCUT2D eigenvalue weighted by Crippen LogP contribution is 2.55. The Bertz CT molecular complexity index is 566. The summed E-state index contributed by atoms with van der Waals surface area (Å²) in [4.78, 5) is 12.8. The van der Waals surface area contributed by atoms with Gasteiger partial charge in [-0.3, -0.25) is 9.48 Å². The molecule has 5 rings (SSSR count). The average Bonchev–Trinajstić information content (AvgIpc) is 2.60. The molecule has 0 saturated heterocycles. The molecule has 4 saturated carbocycles.